The van der Waals surface area contributed by atoms with Crippen molar-refractivity contribution in [1.29, 1.82) is 0 Å². The summed E-state index contributed by atoms with van der Waals surface area (Å²) in [5.41, 5.74) is 4.68. The maximum atomic E-state index is 13.9. The highest BCUT2D eigenvalue weighted by molar-refractivity contribution is 6.06. The summed E-state index contributed by atoms with van der Waals surface area (Å²) in [7, 11) is 1.58. The lowest BCUT2D eigenvalue weighted by atomic mass is 10.1. The zero-order valence-corrected chi connectivity index (χ0v) is 57.4. The molecule has 6 rings (SSSR count). The topological polar surface area (TPSA) is 408 Å². The lowest BCUT2D eigenvalue weighted by molar-refractivity contribution is 0.00294. The van der Waals surface area contributed by atoms with Gasteiger partial charge < -0.3 is 97.1 Å². The molecule has 4 aromatic rings. The predicted octanol–water partition coefficient (Wildman–Crippen LogP) is -0.0699. The largest absolute Gasteiger partial charge is 0.506 e. The number of phenolic OH excluding ortho intramolecular Hbond substituents is 4. The highest BCUT2D eigenvalue weighted by atomic mass is 16.5. The summed E-state index contributed by atoms with van der Waals surface area (Å²) in [4.78, 5) is 118. The molecule has 1 unspecified atom stereocenters. The maximum Gasteiger partial charge on any atom is 0.255 e. The second-order valence-corrected chi connectivity index (χ2v) is 23.6. The van der Waals surface area contributed by atoms with Crippen molar-refractivity contribution in [3.05, 3.63) is 117 Å². The van der Waals surface area contributed by atoms with Gasteiger partial charge in [-0.15, -0.1) is 0 Å². The van der Waals surface area contributed by atoms with Gasteiger partial charge in [-0.2, -0.15) is 0 Å². The average Bonchev–Trinajstić information content (AvgIpc) is 0.854. The Balaban J connectivity index is 1.23. The van der Waals surface area contributed by atoms with Gasteiger partial charge in [0, 0.05) is 151 Å². The van der Waals surface area contributed by atoms with Crippen molar-refractivity contribution < 1.29 is 87.2 Å². The van der Waals surface area contributed by atoms with Crippen LogP contribution in [0.2, 0.25) is 0 Å². The summed E-state index contributed by atoms with van der Waals surface area (Å²) < 4.78 is 34.1. The zero-order valence-electron chi connectivity index (χ0n) is 57.4. The first-order valence-electron chi connectivity index (χ1n) is 34.1. The molecule has 1 atom stereocenters. The first-order valence-corrected chi connectivity index (χ1v) is 34.1. The number of methoxy groups -OCH3 is 1. The number of benzene rings is 4. The van der Waals surface area contributed by atoms with E-state index in [4.69, 9.17) is 34.2 Å². The lowest BCUT2D eigenvalue weighted by Gasteiger charge is -2.32. The van der Waals surface area contributed by atoms with Crippen LogP contribution in [0.3, 0.4) is 0 Å². The molecule has 2 aliphatic heterocycles. The van der Waals surface area contributed by atoms with E-state index in [9.17, 15) is 58.8 Å². The van der Waals surface area contributed by atoms with E-state index in [1.807, 2.05) is 26.5 Å². The van der Waals surface area contributed by atoms with E-state index in [0.717, 1.165) is 6.42 Å². The van der Waals surface area contributed by atoms with Crippen molar-refractivity contribution in [2.75, 3.05) is 211 Å². The van der Waals surface area contributed by atoms with E-state index in [1.54, 1.807) is 7.11 Å². The number of nitrogens with zero attached hydrogens (tertiary/aromatic N) is 4. The molecular formula is C69H101N13O18. The van der Waals surface area contributed by atoms with Gasteiger partial charge in [-0.25, -0.2) is 0 Å². The molecule has 550 valence electrons. The van der Waals surface area contributed by atoms with E-state index in [-0.39, 0.29) is 162 Å². The quantitative estimate of drug-likeness (QED) is 0.0366. The number of hydrogen-bond acceptors (Lipinski definition) is 23. The fourth-order valence-electron chi connectivity index (χ4n) is 10.8. The Labute approximate surface area is 583 Å². The van der Waals surface area contributed by atoms with E-state index < -0.39 is 76.4 Å². The van der Waals surface area contributed by atoms with Gasteiger partial charge >= 0.3 is 0 Å². The monoisotopic (exact) mass is 1400 g/mol. The molecular weight excluding hydrogens is 1300 g/mol. The Bertz CT molecular complexity index is 3080. The smallest absolute Gasteiger partial charge is 0.255 e. The number of aromatic hydroxyl groups is 4. The SMILES string of the molecule is CCCOCCOCCN1CCNC(=O)c2cccc(c2O)C(=O)NCCN(CC(CN2CCNC(=O)c3cccc(c3O)C(=O)NCCN(CCOCCOCCOC)CCNC(=O)c3cccc(c3O)C(=O)NCC2)OCCCCN)CCNC(=O)c2cccc(c2O)C(=O)NCC1. The summed E-state index contributed by atoms with van der Waals surface area (Å²) in [5.74, 6) is -7.45. The average molecular weight is 1400 g/mol. The molecule has 8 amide bonds. The van der Waals surface area contributed by atoms with Crippen molar-refractivity contribution in [1.82, 2.24) is 62.1 Å². The van der Waals surface area contributed by atoms with E-state index in [1.165, 1.54) is 72.8 Å². The molecule has 2 heterocycles. The zero-order chi connectivity index (χ0) is 71.9. The summed E-state index contributed by atoms with van der Waals surface area (Å²) in [6.45, 7) is 9.19. The Kier molecular flexibility index (Phi) is 36.3. The Morgan fingerprint density at radius 2 is 0.610 bits per heavy atom. The molecule has 0 aromatic heterocycles. The van der Waals surface area contributed by atoms with Crippen molar-refractivity contribution in [3.63, 3.8) is 0 Å². The minimum atomic E-state index is -0.687. The van der Waals surface area contributed by atoms with E-state index >= 15 is 0 Å². The van der Waals surface area contributed by atoms with Gasteiger partial charge in [-0.1, -0.05) is 31.2 Å². The predicted molar refractivity (Wildman–Crippen MR) is 370 cm³/mol. The van der Waals surface area contributed by atoms with Gasteiger partial charge in [-0.05, 0) is 74.3 Å². The second-order valence-electron chi connectivity index (χ2n) is 23.6. The van der Waals surface area contributed by atoms with Gasteiger partial charge in [0.25, 0.3) is 47.3 Å². The standard InChI is InChI=1S/C69H101N13O18/c1-3-37-96-43-44-97-39-35-79-27-19-71-62(87)50-10-6-14-54(58(50)83)66(91)75-23-31-81(32-24-76-67(92)55-15-7-11-51(59(55)84)63(88)72-20-28-79)47-49(100-38-5-4-18-70)48-82-33-25-77-68(93)56-16-8-12-52(60(56)85)64(89)73-21-29-80(36-40-98-45-46-99-42-41-95-2)30-22-74-65(90)53-13-9-17-57(61(53)86)69(94)78-26-34-82/h6-17,49,83-86H,3-5,18-48,70H2,1-2H3,(H,71,87)(H,72,88)(H,73,89)(H,74,90)(H,75,91)(H,76,92)(H,77,93)(H,78,94). The minimum Gasteiger partial charge on any atom is -0.506 e. The number of nitrogens with one attached hydrogen (secondary N) is 8. The number of nitrogens with two attached hydrogens (primary N) is 1. The minimum absolute atomic E-state index is 0.0268. The first-order chi connectivity index (χ1) is 48.5. The van der Waals surface area contributed by atoms with Crippen LogP contribution >= 0.6 is 0 Å². The first kappa shape index (κ1) is 80.4. The summed E-state index contributed by atoms with van der Waals surface area (Å²) in [5, 5.41) is 68.3. The number of phenols is 4. The number of carbonyl (C=O) groups excluding carboxylic acids is 8. The molecule has 0 saturated carbocycles. The van der Waals surface area contributed by atoms with Gasteiger partial charge in [-0.3, -0.25) is 58.0 Å². The summed E-state index contributed by atoms with van der Waals surface area (Å²) in [6, 6.07) is 17.0. The van der Waals surface area contributed by atoms with Crippen molar-refractivity contribution in [2.45, 2.75) is 32.3 Å². The van der Waals surface area contributed by atoms with E-state index in [0.29, 0.717) is 98.4 Å². The van der Waals surface area contributed by atoms with Crippen LogP contribution in [0.5, 0.6) is 23.0 Å². The van der Waals surface area contributed by atoms with Crippen molar-refractivity contribution in [2.24, 2.45) is 5.73 Å². The molecule has 0 saturated heterocycles. The third-order valence-electron chi connectivity index (χ3n) is 16.3. The van der Waals surface area contributed by atoms with Crippen LogP contribution in [-0.4, -0.2) is 304 Å². The third kappa shape index (κ3) is 27.2. The lowest BCUT2D eigenvalue weighted by Crippen LogP contribution is -2.48. The molecule has 100 heavy (non-hydrogen) atoms. The van der Waals surface area contributed by atoms with E-state index in [2.05, 4.69) is 42.5 Å². The highest BCUT2D eigenvalue weighted by Crippen LogP contribution is 2.26. The summed E-state index contributed by atoms with van der Waals surface area (Å²) in [6.07, 6.45) is 1.39. The fraction of sp³-hybridized carbons (Fsp3) is 0.536. The van der Waals surface area contributed by atoms with Crippen molar-refractivity contribution >= 4 is 47.3 Å². The highest BCUT2D eigenvalue weighted by Gasteiger charge is 2.27. The molecule has 31 heteroatoms. The Hall–Kier alpha value is -8.60. The van der Waals surface area contributed by atoms with Crippen molar-refractivity contribution in [3.8, 4) is 23.0 Å². The molecule has 8 bridgehead atoms. The molecule has 14 N–H and O–H groups in total. The van der Waals surface area contributed by atoms with Crippen LogP contribution < -0.4 is 48.3 Å². The molecule has 2 aliphatic rings. The maximum absolute atomic E-state index is 13.9. The van der Waals surface area contributed by atoms with Crippen LogP contribution in [-0.2, 0) is 28.4 Å². The number of fused-ring (bicyclic) bond motifs is 8. The number of ether oxygens (including phenoxy) is 6. The molecule has 0 aliphatic carbocycles. The molecule has 0 radical (unpaired) electrons. The Morgan fingerprint density at radius 1 is 0.360 bits per heavy atom. The number of hydrogen-bond donors (Lipinski definition) is 13. The molecule has 0 spiro atoms. The van der Waals surface area contributed by atoms with Crippen LogP contribution in [0.4, 0.5) is 0 Å². The number of carbonyl (C=O) groups is 8. The van der Waals surface area contributed by atoms with Gasteiger partial charge in [0.05, 0.1) is 103 Å². The molecule has 4 aromatic carbocycles. The second kappa shape index (κ2) is 45.2. The fourth-order valence-corrected chi connectivity index (χ4v) is 10.8. The normalized spacial score (nSPS) is 17.0. The van der Waals surface area contributed by atoms with Gasteiger partial charge in [0.1, 0.15) is 23.0 Å². The van der Waals surface area contributed by atoms with Crippen LogP contribution in [0.1, 0.15) is 109 Å². The summed E-state index contributed by atoms with van der Waals surface area (Å²) >= 11 is 0. The number of unbranched alkanes of at least 4 members (excludes halogenated alkanes) is 1. The van der Waals surface area contributed by atoms with Crippen LogP contribution in [0.15, 0.2) is 72.8 Å². The van der Waals surface area contributed by atoms with Crippen LogP contribution in [0.25, 0.3) is 0 Å². The van der Waals surface area contributed by atoms with Gasteiger partial charge in [0.15, 0.2) is 0 Å². The van der Waals surface area contributed by atoms with Crippen LogP contribution in [0, 0.1) is 0 Å². The van der Waals surface area contributed by atoms with Gasteiger partial charge in [0.2, 0.25) is 0 Å². The molecule has 31 nitrogen and oxygen atoms in total. The number of rotatable bonds is 26. The number of amides is 8. The third-order valence-corrected chi connectivity index (χ3v) is 16.3. The number of para-hydroxylation sites is 4. The molecule has 0 fully saturated rings. The Morgan fingerprint density at radius 3 is 0.870 bits per heavy atom.